The third kappa shape index (κ3) is 3.45. The summed E-state index contributed by atoms with van der Waals surface area (Å²) in [5, 5.41) is 21.5. The monoisotopic (exact) mass is 398 g/mol. The lowest BCUT2D eigenvalue weighted by molar-refractivity contribution is -0.396. The van der Waals surface area contributed by atoms with Crippen LogP contribution in [0.15, 0.2) is 41.6 Å². The van der Waals surface area contributed by atoms with Gasteiger partial charge >= 0.3 is 11.9 Å². The molecule has 0 spiro atoms. The number of fused-ring (bicyclic) bond motifs is 1. The van der Waals surface area contributed by atoms with Crippen molar-refractivity contribution in [3.05, 3.63) is 52.1 Å². The number of rotatable bonds is 7. The lowest BCUT2D eigenvalue weighted by atomic mass is 9.99. The molecule has 0 bridgehead atoms. The summed E-state index contributed by atoms with van der Waals surface area (Å²) in [5.41, 5.74) is 1.89. The van der Waals surface area contributed by atoms with Crippen molar-refractivity contribution in [2.45, 2.75) is 30.8 Å². The molecular weight excluding hydrogens is 380 g/mol. The lowest BCUT2D eigenvalue weighted by Gasteiger charge is -2.11. The van der Waals surface area contributed by atoms with E-state index < -0.39 is 10.9 Å². The Balaban J connectivity index is 1.82. The number of nitro groups is 1. The number of hydrogen-bond donors (Lipinski definition) is 0. The average Bonchev–Trinajstić information content (AvgIpc) is 3.44. The Kier molecular flexibility index (Phi) is 4.99. The highest BCUT2D eigenvalue weighted by Crippen LogP contribution is 2.44. The van der Waals surface area contributed by atoms with Gasteiger partial charge in [0, 0.05) is 5.39 Å². The van der Waals surface area contributed by atoms with Crippen molar-refractivity contribution in [3.8, 4) is 5.69 Å². The highest BCUT2D eigenvalue weighted by Gasteiger charge is 2.30. The molecule has 1 saturated carbocycles. The van der Waals surface area contributed by atoms with E-state index >= 15 is 0 Å². The van der Waals surface area contributed by atoms with E-state index in [4.69, 9.17) is 4.74 Å². The molecule has 1 heterocycles. The van der Waals surface area contributed by atoms with E-state index in [1.54, 1.807) is 6.92 Å². The summed E-state index contributed by atoms with van der Waals surface area (Å²) in [6.45, 7) is 2.00. The van der Waals surface area contributed by atoms with E-state index in [0.29, 0.717) is 11.6 Å². The molecule has 9 heteroatoms. The molecule has 0 saturated heterocycles. The Labute approximate surface area is 165 Å². The van der Waals surface area contributed by atoms with Gasteiger partial charge in [-0.3, -0.25) is 4.79 Å². The molecule has 1 aliphatic rings. The van der Waals surface area contributed by atoms with E-state index in [0.717, 1.165) is 35.4 Å². The maximum Gasteiger partial charge on any atom is 0.464 e. The second-order valence-electron chi connectivity index (χ2n) is 6.46. The minimum absolute atomic E-state index is 0.00176. The van der Waals surface area contributed by atoms with Gasteiger partial charge in [-0.25, -0.2) is 0 Å². The zero-order valence-electron chi connectivity index (χ0n) is 15.2. The molecule has 1 aromatic heterocycles. The van der Waals surface area contributed by atoms with Gasteiger partial charge in [-0.05, 0) is 52.7 Å². The quantitative estimate of drug-likeness (QED) is 0.258. The summed E-state index contributed by atoms with van der Waals surface area (Å²) >= 11 is 1.07. The van der Waals surface area contributed by atoms with Crippen LogP contribution in [-0.2, 0) is 9.53 Å². The third-order valence-corrected chi connectivity index (χ3v) is 5.50. The largest absolute Gasteiger partial charge is 0.465 e. The van der Waals surface area contributed by atoms with Gasteiger partial charge in [0.15, 0.2) is 0 Å². The first-order chi connectivity index (χ1) is 13.6. The Morgan fingerprint density at radius 2 is 2.00 bits per heavy atom. The summed E-state index contributed by atoms with van der Waals surface area (Å²) in [5.74, 6) is -0.233. The molecule has 0 aliphatic heterocycles. The predicted octanol–water partition coefficient (Wildman–Crippen LogP) is 3.86. The number of carbonyl (C=O) groups excluding carboxylic acids is 1. The number of esters is 1. The number of benzene rings is 2. The van der Waals surface area contributed by atoms with Crippen LogP contribution in [0.1, 0.15) is 31.2 Å². The van der Waals surface area contributed by atoms with Crippen molar-refractivity contribution in [1.29, 1.82) is 0 Å². The minimum atomic E-state index is -0.564. The van der Waals surface area contributed by atoms with Crippen LogP contribution in [0.3, 0.4) is 0 Å². The molecule has 28 heavy (non-hydrogen) atoms. The predicted molar refractivity (Wildman–Crippen MR) is 105 cm³/mol. The van der Waals surface area contributed by atoms with Gasteiger partial charge in [-0.1, -0.05) is 42.1 Å². The molecule has 0 amide bonds. The number of thioether (sulfide) groups is 1. The number of nitrogens with zero attached hydrogens (tertiary/aromatic N) is 4. The number of aromatic nitrogens is 3. The Hall–Kier alpha value is -2.94. The molecule has 0 atom stereocenters. The third-order valence-electron chi connectivity index (χ3n) is 4.60. The maximum atomic E-state index is 11.7. The van der Waals surface area contributed by atoms with Crippen LogP contribution >= 0.6 is 11.8 Å². The van der Waals surface area contributed by atoms with Crippen LogP contribution in [-0.4, -0.2) is 38.0 Å². The molecule has 8 nitrogen and oxygen atoms in total. The molecule has 3 aromatic rings. The fourth-order valence-corrected chi connectivity index (χ4v) is 4.00. The van der Waals surface area contributed by atoms with Crippen LogP contribution in [0.4, 0.5) is 5.95 Å². The molecule has 144 valence electrons. The van der Waals surface area contributed by atoms with E-state index in [1.165, 1.54) is 10.1 Å². The van der Waals surface area contributed by atoms with Gasteiger partial charge < -0.3 is 14.9 Å². The zero-order valence-corrected chi connectivity index (χ0v) is 16.0. The standard InChI is InChI=1S/C19H18N4O4S/c1-2-27-17(24)11-28-19-21-20-18(23(25)26)22(19)16-10-9-13(12-7-8-12)14-5-3-4-6-15(14)16/h3-6,9-10,12H,2,7-8,11H2,1H3. The first-order valence-corrected chi connectivity index (χ1v) is 9.99. The van der Waals surface area contributed by atoms with Gasteiger partial charge in [0.25, 0.3) is 5.16 Å². The molecule has 0 N–H and O–H groups in total. The molecular formula is C19H18N4O4S. The summed E-state index contributed by atoms with van der Waals surface area (Å²) in [7, 11) is 0. The average molecular weight is 398 g/mol. The van der Waals surface area contributed by atoms with Gasteiger partial charge in [0.1, 0.15) is 11.4 Å². The summed E-state index contributed by atoms with van der Waals surface area (Å²) < 4.78 is 6.34. The normalized spacial score (nSPS) is 13.6. The second kappa shape index (κ2) is 7.59. The van der Waals surface area contributed by atoms with Crippen LogP contribution in [0.25, 0.3) is 16.5 Å². The van der Waals surface area contributed by atoms with Crippen molar-refractivity contribution >= 4 is 34.5 Å². The van der Waals surface area contributed by atoms with E-state index in [2.05, 4.69) is 10.2 Å². The molecule has 2 aromatic carbocycles. The summed E-state index contributed by atoms with van der Waals surface area (Å²) in [4.78, 5) is 22.7. The highest BCUT2D eigenvalue weighted by atomic mass is 32.2. The van der Waals surface area contributed by atoms with E-state index in [9.17, 15) is 14.9 Å². The molecule has 4 rings (SSSR count). The van der Waals surface area contributed by atoms with Crippen molar-refractivity contribution in [1.82, 2.24) is 14.8 Å². The van der Waals surface area contributed by atoms with Crippen LogP contribution in [0, 0.1) is 10.1 Å². The summed E-state index contributed by atoms with van der Waals surface area (Å²) in [6.07, 6.45) is 2.33. The van der Waals surface area contributed by atoms with Crippen molar-refractivity contribution in [2.24, 2.45) is 0 Å². The van der Waals surface area contributed by atoms with E-state index in [-0.39, 0.29) is 23.5 Å². The topological polar surface area (TPSA) is 100 Å². The van der Waals surface area contributed by atoms with Gasteiger partial charge in [0.2, 0.25) is 0 Å². The second-order valence-corrected chi connectivity index (χ2v) is 7.41. The first kappa shape index (κ1) is 18.4. The molecule has 0 radical (unpaired) electrons. The SMILES string of the molecule is CCOC(=O)CSc1nnc([N+](=O)[O-])n1-c1ccc(C2CC2)c2ccccc12. The minimum Gasteiger partial charge on any atom is -0.465 e. The van der Waals surface area contributed by atoms with E-state index in [1.807, 2.05) is 36.4 Å². The Morgan fingerprint density at radius 3 is 2.68 bits per heavy atom. The van der Waals surface area contributed by atoms with Gasteiger partial charge in [0.05, 0.1) is 11.7 Å². The van der Waals surface area contributed by atoms with Crippen LogP contribution in [0.5, 0.6) is 0 Å². The van der Waals surface area contributed by atoms with Gasteiger partial charge in [-0.2, -0.15) is 4.57 Å². The maximum absolute atomic E-state index is 11.7. The number of ether oxygens (including phenoxy) is 1. The van der Waals surface area contributed by atoms with Crippen LogP contribution < -0.4 is 0 Å². The van der Waals surface area contributed by atoms with Crippen LogP contribution in [0.2, 0.25) is 0 Å². The number of hydrogen-bond acceptors (Lipinski definition) is 7. The first-order valence-electron chi connectivity index (χ1n) is 9.00. The van der Waals surface area contributed by atoms with Crippen molar-refractivity contribution in [3.63, 3.8) is 0 Å². The number of carbonyl (C=O) groups is 1. The van der Waals surface area contributed by atoms with Gasteiger partial charge in [-0.15, -0.1) is 0 Å². The molecule has 1 aliphatic carbocycles. The van der Waals surface area contributed by atoms with Crippen molar-refractivity contribution in [2.75, 3.05) is 12.4 Å². The highest BCUT2D eigenvalue weighted by molar-refractivity contribution is 7.99. The summed E-state index contributed by atoms with van der Waals surface area (Å²) in [6, 6.07) is 11.8. The molecule has 1 fully saturated rings. The zero-order chi connectivity index (χ0) is 19.7. The fourth-order valence-electron chi connectivity index (χ4n) is 3.26. The van der Waals surface area contributed by atoms with Crippen molar-refractivity contribution < 1.29 is 14.5 Å². The fraction of sp³-hybridized carbons (Fsp3) is 0.316. The Morgan fingerprint density at radius 1 is 1.25 bits per heavy atom. The molecule has 0 unspecified atom stereocenters. The smallest absolute Gasteiger partial charge is 0.464 e. The lowest BCUT2D eigenvalue weighted by Crippen LogP contribution is -2.08. The Bertz CT molecular complexity index is 1060.